The number of hydrogen-bond acceptors (Lipinski definition) is 8. The lowest BCUT2D eigenvalue weighted by atomic mass is 10.0. The Labute approximate surface area is 326 Å². The fourth-order valence-corrected chi connectivity index (χ4v) is 6.75. The average molecular weight is 755 g/mol. The monoisotopic (exact) mass is 754 g/mol. The normalized spacial score (nSPS) is 15.3. The van der Waals surface area contributed by atoms with E-state index in [1.165, 1.54) is 0 Å². The molecule has 2 fully saturated rings. The summed E-state index contributed by atoms with van der Waals surface area (Å²) < 4.78 is 11.2. The molecule has 0 bridgehead atoms. The lowest BCUT2D eigenvalue weighted by molar-refractivity contribution is -0.130. The van der Waals surface area contributed by atoms with Crippen LogP contribution in [0, 0.1) is 0 Å². The van der Waals surface area contributed by atoms with Gasteiger partial charge in [-0.25, -0.2) is 9.59 Å². The quantitative estimate of drug-likeness (QED) is 0.166. The van der Waals surface area contributed by atoms with Crippen LogP contribution in [-0.4, -0.2) is 121 Å². The number of carbonyl (C=O) groups excluding carboxylic acids is 4. The number of carbonyl (C=O) groups is 4. The molecule has 4 amide bonds. The van der Waals surface area contributed by atoms with E-state index < -0.39 is 11.7 Å². The second-order valence-electron chi connectivity index (χ2n) is 15.4. The van der Waals surface area contributed by atoms with Crippen molar-refractivity contribution in [3.63, 3.8) is 0 Å². The third-order valence-corrected chi connectivity index (χ3v) is 9.98. The second-order valence-corrected chi connectivity index (χ2v) is 15.4. The molecule has 0 atom stereocenters. The summed E-state index contributed by atoms with van der Waals surface area (Å²) >= 11 is 0. The molecule has 0 spiro atoms. The predicted molar refractivity (Wildman–Crippen MR) is 216 cm³/mol. The number of anilines is 2. The molecule has 5 rings (SSSR count). The molecule has 0 aromatic heterocycles. The maximum atomic E-state index is 13.0. The zero-order valence-corrected chi connectivity index (χ0v) is 32.9. The van der Waals surface area contributed by atoms with E-state index in [1.54, 1.807) is 9.80 Å². The molecule has 12 heteroatoms. The molecule has 2 heterocycles. The smallest absolute Gasteiger partial charge is 0.411 e. The van der Waals surface area contributed by atoms with Crippen molar-refractivity contribution in [1.82, 2.24) is 19.6 Å². The van der Waals surface area contributed by atoms with Crippen molar-refractivity contribution in [2.24, 2.45) is 0 Å². The molecule has 2 aliphatic rings. The number of piperazine rings is 1. The van der Waals surface area contributed by atoms with Crippen molar-refractivity contribution >= 4 is 35.4 Å². The molecule has 2 N–H and O–H groups in total. The first kappa shape index (κ1) is 41.1. The largest absolute Gasteiger partial charge is 0.446 e. The summed E-state index contributed by atoms with van der Waals surface area (Å²) in [5.74, 6) is 0.119. The van der Waals surface area contributed by atoms with Crippen molar-refractivity contribution < 1.29 is 28.7 Å². The van der Waals surface area contributed by atoms with Crippen LogP contribution in [0.15, 0.2) is 78.9 Å². The van der Waals surface area contributed by atoms with Gasteiger partial charge in [0.05, 0.1) is 5.69 Å². The van der Waals surface area contributed by atoms with Gasteiger partial charge in [0.15, 0.2) is 0 Å². The highest BCUT2D eigenvalue weighted by Crippen LogP contribution is 2.28. The Morgan fingerprint density at radius 1 is 0.782 bits per heavy atom. The predicted octanol–water partition coefficient (Wildman–Crippen LogP) is 7.19. The SMILES string of the molecule is CN(CCN1CCC(OC(=O)Nc2ccccc2-c2ccccc2)CC1)C(=O)CCCCCNc1ccc(C(=O)N2CCN(C(=O)OC(C)(C)C)CC2)cc1. The van der Waals surface area contributed by atoms with Crippen molar-refractivity contribution in [2.45, 2.75) is 71.0 Å². The Bertz CT molecular complexity index is 1700. The van der Waals surface area contributed by atoms with E-state index in [1.807, 2.05) is 112 Å². The molecule has 3 aromatic carbocycles. The van der Waals surface area contributed by atoms with Gasteiger partial charge in [0.25, 0.3) is 5.91 Å². The van der Waals surface area contributed by atoms with E-state index >= 15 is 0 Å². The Kier molecular flexibility index (Phi) is 14.9. The molecule has 55 heavy (non-hydrogen) atoms. The highest BCUT2D eigenvalue weighted by Gasteiger charge is 2.28. The summed E-state index contributed by atoms with van der Waals surface area (Å²) in [4.78, 5) is 58.5. The van der Waals surface area contributed by atoms with Gasteiger partial charge in [-0.2, -0.15) is 0 Å². The van der Waals surface area contributed by atoms with E-state index in [4.69, 9.17) is 9.47 Å². The molecule has 12 nitrogen and oxygen atoms in total. The lowest BCUT2D eigenvalue weighted by Gasteiger charge is -2.35. The number of benzene rings is 3. The van der Waals surface area contributed by atoms with Crippen LogP contribution in [0.25, 0.3) is 11.1 Å². The molecule has 0 aliphatic carbocycles. The molecular weight excluding hydrogens is 697 g/mol. The Morgan fingerprint density at radius 3 is 2.13 bits per heavy atom. The van der Waals surface area contributed by atoms with Crippen molar-refractivity contribution in [1.29, 1.82) is 0 Å². The fraction of sp³-hybridized carbons (Fsp3) is 0.488. The molecule has 0 radical (unpaired) electrons. The first-order chi connectivity index (χ1) is 26.4. The number of unbranched alkanes of at least 4 members (excludes halogenated alkanes) is 2. The number of hydrogen-bond donors (Lipinski definition) is 2. The molecule has 3 aromatic rings. The summed E-state index contributed by atoms with van der Waals surface area (Å²) in [7, 11) is 1.87. The maximum Gasteiger partial charge on any atom is 0.411 e. The van der Waals surface area contributed by atoms with Crippen molar-refractivity contribution in [3.05, 3.63) is 84.4 Å². The molecule has 0 unspecified atom stereocenters. The number of rotatable bonds is 14. The standard InChI is InChI=1S/C43H58N6O6/c1-43(2,3)55-42(53)49-31-29-48(30-32-49)40(51)34-18-20-35(21-19-34)44-24-12-6-9-17-39(50)46(4)27-28-47-25-22-36(23-26-47)54-41(52)45-38-16-11-10-15-37(38)33-13-7-5-8-14-33/h5,7-8,10-11,13-16,18-21,36,44H,6,9,12,17,22-32H2,1-4H3,(H,45,52). The molecular formula is C43H58N6O6. The van der Waals surface area contributed by atoms with Gasteiger partial charge in [-0.1, -0.05) is 55.0 Å². The highest BCUT2D eigenvalue weighted by atomic mass is 16.6. The summed E-state index contributed by atoms with van der Waals surface area (Å²) in [6.07, 6.45) is 3.85. The zero-order valence-electron chi connectivity index (χ0n) is 32.9. The minimum absolute atomic E-state index is 0.0390. The van der Waals surface area contributed by atoms with Gasteiger partial charge in [-0.05, 0) is 82.3 Å². The Balaban J connectivity index is 0.897. The van der Waals surface area contributed by atoms with Crippen LogP contribution in [-0.2, 0) is 14.3 Å². The third kappa shape index (κ3) is 13.0. The van der Waals surface area contributed by atoms with E-state index in [-0.39, 0.29) is 24.0 Å². The number of ether oxygens (including phenoxy) is 2. The van der Waals surface area contributed by atoms with Gasteiger partial charge < -0.3 is 34.4 Å². The van der Waals surface area contributed by atoms with Crippen LogP contribution in [0.3, 0.4) is 0 Å². The summed E-state index contributed by atoms with van der Waals surface area (Å²) in [6.45, 7) is 11.3. The molecule has 2 aliphatic heterocycles. The lowest BCUT2D eigenvalue weighted by Crippen LogP contribution is -2.51. The fourth-order valence-electron chi connectivity index (χ4n) is 6.75. The Hall–Kier alpha value is -5.10. The van der Waals surface area contributed by atoms with Crippen LogP contribution in [0.2, 0.25) is 0 Å². The van der Waals surface area contributed by atoms with Gasteiger partial charge in [0, 0.05) is 89.2 Å². The molecule has 2 saturated heterocycles. The van der Waals surface area contributed by atoms with Crippen molar-refractivity contribution in [3.8, 4) is 11.1 Å². The second kappa shape index (κ2) is 20.0. The van der Waals surface area contributed by atoms with Gasteiger partial charge in [0.2, 0.25) is 5.91 Å². The number of para-hydroxylation sites is 1. The van der Waals surface area contributed by atoms with Crippen LogP contribution < -0.4 is 10.6 Å². The van der Waals surface area contributed by atoms with Crippen LogP contribution in [0.1, 0.15) is 69.7 Å². The summed E-state index contributed by atoms with van der Waals surface area (Å²) in [5, 5.41) is 6.34. The van der Waals surface area contributed by atoms with E-state index in [0.717, 1.165) is 80.8 Å². The van der Waals surface area contributed by atoms with E-state index in [0.29, 0.717) is 44.7 Å². The van der Waals surface area contributed by atoms with Crippen molar-refractivity contribution in [2.75, 3.05) is 76.6 Å². The Morgan fingerprint density at radius 2 is 1.44 bits per heavy atom. The number of amides is 4. The summed E-state index contributed by atoms with van der Waals surface area (Å²) in [6, 6.07) is 25.2. The number of nitrogens with one attached hydrogen (secondary N) is 2. The highest BCUT2D eigenvalue weighted by molar-refractivity contribution is 5.95. The number of piperidine rings is 1. The average Bonchev–Trinajstić information content (AvgIpc) is 3.18. The topological polar surface area (TPSA) is 124 Å². The minimum Gasteiger partial charge on any atom is -0.446 e. The minimum atomic E-state index is -0.545. The van der Waals surface area contributed by atoms with Gasteiger partial charge in [0.1, 0.15) is 11.7 Å². The van der Waals surface area contributed by atoms with Crippen LogP contribution >= 0.6 is 0 Å². The maximum absolute atomic E-state index is 13.0. The number of likely N-dealkylation sites (tertiary alicyclic amines) is 1. The van der Waals surface area contributed by atoms with Crippen LogP contribution in [0.4, 0.5) is 21.0 Å². The number of likely N-dealkylation sites (N-methyl/N-ethyl adjacent to an activating group) is 1. The third-order valence-electron chi connectivity index (χ3n) is 9.98. The first-order valence-corrected chi connectivity index (χ1v) is 19.6. The molecule has 0 saturated carbocycles. The van der Waals surface area contributed by atoms with Gasteiger partial charge in [-0.15, -0.1) is 0 Å². The van der Waals surface area contributed by atoms with Gasteiger partial charge >= 0.3 is 12.2 Å². The summed E-state index contributed by atoms with van der Waals surface area (Å²) in [5.41, 5.74) is 3.74. The van der Waals surface area contributed by atoms with E-state index in [9.17, 15) is 19.2 Å². The number of nitrogens with zero attached hydrogens (tertiary/aromatic N) is 4. The zero-order chi connectivity index (χ0) is 39.2. The molecule has 296 valence electrons. The first-order valence-electron chi connectivity index (χ1n) is 19.6. The van der Waals surface area contributed by atoms with Gasteiger partial charge in [-0.3, -0.25) is 14.9 Å². The van der Waals surface area contributed by atoms with Crippen LogP contribution in [0.5, 0.6) is 0 Å². The van der Waals surface area contributed by atoms with E-state index in [2.05, 4.69) is 15.5 Å².